The van der Waals surface area contributed by atoms with Gasteiger partial charge in [-0.25, -0.2) is 8.42 Å². The fourth-order valence-electron chi connectivity index (χ4n) is 4.90. The van der Waals surface area contributed by atoms with Crippen LogP contribution in [0.25, 0.3) is 0 Å². The van der Waals surface area contributed by atoms with Crippen LogP contribution in [0.5, 0.6) is 5.75 Å². The molecule has 1 aromatic carbocycles. The Morgan fingerprint density at radius 2 is 2.03 bits per heavy atom. The minimum absolute atomic E-state index is 0. The molecule has 2 heterocycles. The van der Waals surface area contributed by atoms with Crippen molar-refractivity contribution in [3.63, 3.8) is 0 Å². The number of fused-ring (bicyclic) bond motifs is 1. The van der Waals surface area contributed by atoms with Crippen molar-refractivity contribution in [3.05, 3.63) is 59.4 Å². The molecular formula is C25H36N2O3S. The molecule has 1 aliphatic carbocycles. The highest BCUT2D eigenvalue weighted by Gasteiger charge is 2.48. The first-order chi connectivity index (χ1) is 14.5. The number of nitrogens with zero attached hydrogens (tertiary/aromatic N) is 1. The van der Waals surface area contributed by atoms with Gasteiger partial charge in [0, 0.05) is 29.1 Å². The van der Waals surface area contributed by atoms with Crippen LogP contribution in [0.2, 0.25) is 0 Å². The first-order valence-corrected chi connectivity index (χ1v) is 13.0. The number of nitrogens with one attached hydrogen (secondary N) is 1. The molecule has 1 N–H and O–H groups in total. The topological polar surface area (TPSA) is 68.3 Å². The summed E-state index contributed by atoms with van der Waals surface area (Å²) < 4.78 is 29.7. The van der Waals surface area contributed by atoms with E-state index in [0.29, 0.717) is 19.4 Å². The second-order valence-corrected chi connectivity index (χ2v) is 10.9. The monoisotopic (exact) mass is 444 g/mol. The van der Waals surface area contributed by atoms with Gasteiger partial charge in [0.2, 0.25) is 0 Å². The Bertz CT molecular complexity index is 956. The van der Waals surface area contributed by atoms with E-state index in [0.717, 1.165) is 31.6 Å². The number of aromatic nitrogens is 1. The molecule has 170 valence electrons. The molecule has 6 heteroatoms. The molecule has 1 atom stereocenters. The fourth-order valence-corrected chi connectivity index (χ4v) is 6.29. The van der Waals surface area contributed by atoms with Gasteiger partial charge in [0.05, 0.1) is 12.4 Å². The Morgan fingerprint density at radius 1 is 1.19 bits per heavy atom. The molecule has 0 bridgehead atoms. The van der Waals surface area contributed by atoms with E-state index in [9.17, 15) is 8.42 Å². The minimum Gasteiger partial charge on any atom is -0.494 e. The van der Waals surface area contributed by atoms with Gasteiger partial charge in [-0.05, 0) is 74.0 Å². The van der Waals surface area contributed by atoms with E-state index in [1.54, 1.807) is 0 Å². The Balaban J connectivity index is 0.00000272. The normalized spacial score (nSPS) is 19.6. The molecule has 0 spiro atoms. The molecule has 0 saturated heterocycles. The van der Waals surface area contributed by atoms with Crippen molar-refractivity contribution in [1.82, 2.24) is 10.3 Å². The van der Waals surface area contributed by atoms with Crippen LogP contribution in [0.4, 0.5) is 0 Å². The van der Waals surface area contributed by atoms with Gasteiger partial charge < -0.3 is 10.1 Å². The van der Waals surface area contributed by atoms with Gasteiger partial charge in [-0.3, -0.25) is 4.98 Å². The highest BCUT2D eigenvalue weighted by molar-refractivity contribution is 7.91. The van der Waals surface area contributed by atoms with Gasteiger partial charge in [0.15, 0.2) is 0 Å². The maximum Gasteiger partial charge on any atom is 0.150 e. The van der Waals surface area contributed by atoms with Crippen molar-refractivity contribution in [2.24, 2.45) is 0 Å². The van der Waals surface area contributed by atoms with Crippen LogP contribution in [0, 0.1) is 0 Å². The Morgan fingerprint density at radius 3 is 2.71 bits per heavy atom. The second kappa shape index (κ2) is 10.1. The zero-order chi connectivity index (χ0) is 21.0. The fraction of sp³-hybridized carbons (Fsp3) is 0.560. The van der Waals surface area contributed by atoms with E-state index in [1.807, 2.05) is 25.3 Å². The lowest BCUT2D eigenvalue weighted by atomic mass is 9.59. The number of sulfone groups is 1. The van der Waals surface area contributed by atoms with Crippen molar-refractivity contribution in [2.75, 3.05) is 24.7 Å². The van der Waals surface area contributed by atoms with Gasteiger partial charge in [-0.15, -0.1) is 0 Å². The number of benzene rings is 1. The third kappa shape index (κ3) is 5.12. The van der Waals surface area contributed by atoms with Gasteiger partial charge in [-0.2, -0.15) is 0 Å². The Kier molecular flexibility index (Phi) is 7.76. The summed E-state index contributed by atoms with van der Waals surface area (Å²) in [7, 11) is -2.95. The molecule has 0 radical (unpaired) electrons. The summed E-state index contributed by atoms with van der Waals surface area (Å²) in [6.07, 6.45) is 7.61. The second-order valence-electron chi connectivity index (χ2n) is 8.58. The van der Waals surface area contributed by atoms with E-state index >= 15 is 0 Å². The molecule has 1 fully saturated rings. The summed E-state index contributed by atoms with van der Waals surface area (Å²) in [6, 6.07) is 12.8. The van der Waals surface area contributed by atoms with Crippen LogP contribution < -0.4 is 10.1 Å². The molecule has 1 saturated carbocycles. The molecule has 31 heavy (non-hydrogen) atoms. The number of hydrogen-bond acceptors (Lipinski definition) is 5. The smallest absolute Gasteiger partial charge is 0.150 e. The third-order valence-corrected chi connectivity index (χ3v) is 8.47. The van der Waals surface area contributed by atoms with Crippen molar-refractivity contribution >= 4 is 9.84 Å². The number of hydrogen-bond donors (Lipinski definition) is 1. The van der Waals surface area contributed by atoms with Gasteiger partial charge >= 0.3 is 0 Å². The van der Waals surface area contributed by atoms with Crippen LogP contribution in [-0.4, -0.2) is 38.1 Å². The summed E-state index contributed by atoms with van der Waals surface area (Å²) >= 11 is 0. The minimum atomic E-state index is -2.95. The zero-order valence-corrected chi connectivity index (χ0v) is 18.6. The predicted octanol–water partition coefficient (Wildman–Crippen LogP) is 4.62. The van der Waals surface area contributed by atoms with Crippen LogP contribution in [0.3, 0.4) is 0 Å². The van der Waals surface area contributed by atoms with Crippen molar-refractivity contribution in [3.8, 4) is 5.75 Å². The molecule has 5 nitrogen and oxygen atoms in total. The first kappa shape index (κ1) is 23.7. The summed E-state index contributed by atoms with van der Waals surface area (Å²) in [4.78, 5) is 4.71. The lowest BCUT2D eigenvalue weighted by molar-refractivity contribution is 0.159. The van der Waals surface area contributed by atoms with Crippen molar-refractivity contribution in [2.45, 2.75) is 64.3 Å². The molecule has 0 amide bonds. The number of ether oxygens (including phenoxy) is 1. The zero-order valence-electron chi connectivity index (χ0n) is 17.8. The average Bonchev–Trinajstić information content (AvgIpc) is 2.71. The third-order valence-electron chi connectivity index (χ3n) is 6.53. The number of pyridine rings is 1. The Hall–Kier alpha value is -1.92. The van der Waals surface area contributed by atoms with Crippen LogP contribution in [0.15, 0.2) is 42.6 Å². The molecule has 2 aromatic rings. The molecule has 4 rings (SSSR count). The standard InChI is InChI=1S/C24H32N2O3S.CH4/c1-2-16-30(27,28)17-6-15-29-20-9-8-19-10-14-26-23(21(19)18-20)24(11-5-12-24)22-7-3-4-13-25-22;/h3-4,7-9,13,18,23,26H,2,5-6,10-12,14-17H2,1H3;1H4. The van der Waals surface area contributed by atoms with Crippen molar-refractivity contribution in [1.29, 1.82) is 0 Å². The maximum absolute atomic E-state index is 11.9. The largest absolute Gasteiger partial charge is 0.494 e. The summed E-state index contributed by atoms with van der Waals surface area (Å²) in [5, 5.41) is 3.77. The van der Waals surface area contributed by atoms with E-state index < -0.39 is 9.84 Å². The van der Waals surface area contributed by atoms with Gasteiger partial charge in [-0.1, -0.05) is 32.9 Å². The first-order valence-electron chi connectivity index (χ1n) is 11.1. The molecule has 2 aliphatic rings. The predicted molar refractivity (Wildman–Crippen MR) is 126 cm³/mol. The quantitative estimate of drug-likeness (QED) is 0.572. The van der Waals surface area contributed by atoms with Gasteiger partial charge in [0.1, 0.15) is 15.6 Å². The highest BCUT2D eigenvalue weighted by atomic mass is 32.2. The van der Waals surface area contributed by atoms with E-state index in [4.69, 9.17) is 9.72 Å². The summed E-state index contributed by atoms with van der Waals surface area (Å²) in [6.45, 7) is 3.29. The lowest BCUT2D eigenvalue weighted by Crippen LogP contribution is -2.49. The summed E-state index contributed by atoms with van der Waals surface area (Å²) in [5.41, 5.74) is 3.90. The highest BCUT2D eigenvalue weighted by Crippen LogP contribution is 2.53. The van der Waals surface area contributed by atoms with Crippen LogP contribution in [0.1, 0.15) is 69.3 Å². The van der Waals surface area contributed by atoms with Crippen molar-refractivity contribution < 1.29 is 13.2 Å². The number of rotatable bonds is 9. The molecular weight excluding hydrogens is 408 g/mol. The molecule has 1 aliphatic heterocycles. The van der Waals surface area contributed by atoms with E-state index in [1.165, 1.54) is 23.2 Å². The van der Waals surface area contributed by atoms with E-state index in [2.05, 4.69) is 29.6 Å². The van der Waals surface area contributed by atoms with E-state index in [-0.39, 0.29) is 30.4 Å². The molecule has 1 aromatic heterocycles. The summed E-state index contributed by atoms with van der Waals surface area (Å²) in [5.74, 6) is 1.28. The maximum atomic E-state index is 11.9. The molecule has 1 unspecified atom stereocenters. The van der Waals surface area contributed by atoms with Crippen LogP contribution >= 0.6 is 0 Å². The Labute approximate surface area is 187 Å². The average molecular weight is 445 g/mol. The lowest BCUT2D eigenvalue weighted by Gasteiger charge is -2.49. The SMILES string of the molecule is C.CCCS(=O)(=O)CCCOc1ccc2c(c1)C(C1(c3ccccn3)CCC1)NCC2. The van der Waals surface area contributed by atoms with Crippen LogP contribution in [-0.2, 0) is 21.7 Å². The van der Waals surface area contributed by atoms with Gasteiger partial charge in [0.25, 0.3) is 0 Å².